The number of halogens is 1. The number of hydrogen-bond acceptors (Lipinski definition) is 4. The predicted octanol–water partition coefficient (Wildman–Crippen LogP) is 4.23. The normalized spacial score (nSPS) is 12.4. The molecule has 0 saturated heterocycles. The maximum absolute atomic E-state index is 12.8. The summed E-state index contributed by atoms with van der Waals surface area (Å²) in [6, 6.07) is 19.3. The van der Waals surface area contributed by atoms with Crippen molar-refractivity contribution in [3.8, 4) is 5.75 Å². The van der Waals surface area contributed by atoms with Crippen molar-refractivity contribution in [2.45, 2.75) is 19.4 Å². The fourth-order valence-electron chi connectivity index (χ4n) is 3.39. The first kappa shape index (κ1) is 22.9. The molecule has 0 aliphatic carbocycles. The molecule has 0 bridgehead atoms. The van der Waals surface area contributed by atoms with E-state index in [1.165, 1.54) is 6.07 Å². The van der Waals surface area contributed by atoms with Gasteiger partial charge in [0.05, 0.1) is 18.5 Å². The second-order valence-electron chi connectivity index (χ2n) is 7.11. The third kappa shape index (κ3) is 5.89. The zero-order chi connectivity index (χ0) is 22.4. The zero-order valence-electron chi connectivity index (χ0n) is 17.4. The van der Waals surface area contributed by atoms with Crippen LogP contribution in [0, 0.1) is 0 Å². The van der Waals surface area contributed by atoms with Crippen LogP contribution in [0.15, 0.2) is 66.7 Å². The Morgan fingerprint density at radius 3 is 2.48 bits per heavy atom. The summed E-state index contributed by atoms with van der Waals surface area (Å²) in [5, 5.41) is 5.36. The highest BCUT2D eigenvalue weighted by atomic mass is 35.5. The number of carbonyl (C=O) groups is 1. The van der Waals surface area contributed by atoms with Crippen LogP contribution < -0.4 is 14.4 Å². The van der Waals surface area contributed by atoms with Crippen molar-refractivity contribution in [2.24, 2.45) is 0 Å². The molecule has 31 heavy (non-hydrogen) atoms. The van der Waals surface area contributed by atoms with Gasteiger partial charge in [-0.3, -0.25) is 9.10 Å². The van der Waals surface area contributed by atoms with Gasteiger partial charge in [0.2, 0.25) is 15.9 Å². The van der Waals surface area contributed by atoms with E-state index < -0.39 is 22.0 Å². The molecular weight excluding hydrogens is 436 g/mol. The van der Waals surface area contributed by atoms with Gasteiger partial charge < -0.3 is 10.1 Å². The van der Waals surface area contributed by atoms with Gasteiger partial charge in [0.25, 0.3) is 0 Å². The second-order valence-corrected chi connectivity index (χ2v) is 9.41. The number of anilines is 1. The lowest BCUT2D eigenvalue weighted by Gasteiger charge is -2.30. The van der Waals surface area contributed by atoms with Crippen molar-refractivity contribution in [3.05, 3.63) is 71.8 Å². The number of sulfonamides is 1. The molecular formula is C23H25ClN2O4S. The molecule has 0 radical (unpaired) electrons. The van der Waals surface area contributed by atoms with E-state index in [0.29, 0.717) is 22.9 Å². The van der Waals surface area contributed by atoms with Crippen LogP contribution in [-0.4, -0.2) is 39.8 Å². The molecule has 0 aliphatic rings. The summed E-state index contributed by atoms with van der Waals surface area (Å²) in [7, 11) is -3.70. The molecule has 3 rings (SSSR count). The third-order valence-electron chi connectivity index (χ3n) is 4.78. The van der Waals surface area contributed by atoms with Gasteiger partial charge in [-0.2, -0.15) is 0 Å². The number of rotatable bonds is 9. The molecule has 6 nitrogen and oxygen atoms in total. The average Bonchev–Trinajstić information content (AvgIpc) is 2.73. The van der Waals surface area contributed by atoms with E-state index in [-0.39, 0.29) is 13.2 Å². The lowest BCUT2D eigenvalue weighted by Crippen LogP contribution is -2.50. The molecule has 1 N–H and O–H groups in total. The Kier molecular flexibility index (Phi) is 7.41. The number of nitrogens with one attached hydrogen (secondary N) is 1. The standard InChI is InChI=1S/C23H25ClN2O4S/c1-3-22(26(31(2,28)29)20-10-6-9-19(24)16-20)23(27)25-13-14-30-21-12-11-17-7-4-5-8-18(17)15-21/h4-12,15-16,22H,3,13-14H2,1-2H3,(H,25,27). The van der Waals surface area contributed by atoms with Crippen molar-refractivity contribution >= 4 is 44.0 Å². The zero-order valence-corrected chi connectivity index (χ0v) is 19.0. The number of fused-ring (bicyclic) bond motifs is 1. The van der Waals surface area contributed by atoms with Crippen molar-refractivity contribution < 1.29 is 17.9 Å². The van der Waals surface area contributed by atoms with E-state index in [0.717, 1.165) is 21.3 Å². The van der Waals surface area contributed by atoms with Crippen LogP contribution in [-0.2, 0) is 14.8 Å². The SMILES string of the molecule is CCC(C(=O)NCCOc1ccc2ccccc2c1)N(c1cccc(Cl)c1)S(C)(=O)=O. The quantitative estimate of drug-likeness (QED) is 0.485. The molecule has 1 amide bonds. The Morgan fingerprint density at radius 2 is 1.81 bits per heavy atom. The van der Waals surface area contributed by atoms with Crippen LogP contribution in [0.3, 0.4) is 0 Å². The minimum Gasteiger partial charge on any atom is -0.492 e. The van der Waals surface area contributed by atoms with Crippen molar-refractivity contribution in [3.63, 3.8) is 0 Å². The van der Waals surface area contributed by atoms with E-state index in [4.69, 9.17) is 16.3 Å². The summed E-state index contributed by atoms with van der Waals surface area (Å²) < 4.78 is 31.7. The second kappa shape index (κ2) is 10.0. The van der Waals surface area contributed by atoms with Gasteiger partial charge in [-0.05, 0) is 47.5 Å². The smallest absolute Gasteiger partial charge is 0.244 e. The molecule has 3 aromatic carbocycles. The van der Waals surface area contributed by atoms with Crippen LogP contribution in [0.1, 0.15) is 13.3 Å². The van der Waals surface area contributed by atoms with Crippen molar-refractivity contribution in [1.29, 1.82) is 0 Å². The first-order valence-electron chi connectivity index (χ1n) is 9.94. The lowest BCUT2D eigenvalue weighted by atomic mass is 10.1. The van der Waals surface area contributed by atoms with Crippen LogP contribution in [0.25, 0.3) is 10.8 Å². The first-order chi connectivity index (χ1) is 14.8. The van der Waals surface area contributed by atoms with Gasteiger partial charge in [-0.15, -0.1) is 0 Å². The first-order valence-corrected chi connectivity index (χ1v) is 12.2. The Bertz CT molecular complexity index is 1170. The van der Waals surface area contributed by atoms with Gasteiger partial charge in [0.1, 0.15) is 18.4 Å². The Morgan fingerprint density at radius 1 is 1.06 bits per heavy atom. The third-order valence-corrected chi connectivity index (χ3v) is 6.20. The van der Waals surface area contributed by atoms with Crippen LogP contribution in [0.5, 0.6) is 5.75 Å². The Balaban J connectivity index is 1.64. The molecule has 0 aromatic heterocycles. The fourth-order valence-corrected chi connectivity index (χ4v) is 4.78. The number of carbonyl (C=O) groups excluding carboxylic acids is 1. The molecule has 8 heteroatoms. The van der Waals surface area contributed by atoms with Crippen molar-refractivity contribution in [1.82, 2.24) is 5.32 Å². The maximum Gasteiger partial charge on any atom is 0.244 e. The molecule has 0 saturated carbocycles. The van der Waals surface area contributed by atoms with E-state index in [9.17, 15) is 13.2 Å². The largest absolute Gasteiger partial charge is 0.492 e. The number of hydrogen-bond donors (Lipinski definition) is 1. The molecule has 0 heterocycles. The molecule has 164 valence electrons. The van der Waals surface area contributed by atoms with E-state index in [2.05, 4.69) is 5.32 Å². The van der Waals surface area contributed by atoms with E-state index in [1.807, 2.05) is 42.5 Å². The molecule has 1 atom stereocenters. The fraction of sp³-hybridized carbons (Fsp3) is 0.261. The summed E-state index contributed by atoms with van der Waals surface area (Å²) >= 11 is 6.02. The summed E-state index contributed by atoms with van der Waals surface area (Å²) in [6.07, 6.45) is 1.38. The van der Waals surface area contributed by atoms with Crippen LogP contribution in [0.4, 0.5) is 5.69 Å². The monoisotopic (exact) mass is 460 g/mol. The number of amides is 1. The Hall–Kier alpha value is -2.77. The average molecular weight is 461 g/mol. The van der Waals surface area contributed by atoms with Gasteiger partial charge >= 0.3 is 0 Å². The minimum absolute atomic E-state index is 0.245. The highest BCUT2D eigenvalue weighted by Gasteiger charge is 2.31. The van der Waals surface area contributed by atoms with Gasteiger partial charge in [-0.25, -0.2) is 8.42 Å². The molecule has 0 fully saturated rings. The van der Waals surface area contributed by atoms with E-state index in [1.54, 1.807) is 25.1 Å². The summed E-state index contributed by atoms with van der Waals surface area (Å²) in [4.78, 5) is 12.8. The van der Waals surface area contributed by atoms with Gasteiger partial charge in [0.15, 0.2) is 0 Å². The maximum atomic E-state index is 12.8. The Labute approximate surface area is 187 Å². The summed E-state index contributed by atoms with van der Waals surface area (Å²) in [5.74, 6) is 0.312. The number of ether oxygens (including phenoxy) is 1. The highest BCUT2D eigenvalue weighted by molar-refractivity contribution is 7.92. The van der Waals surface area contributed by atoms with Crippen molar-refractivity contribution in [2.75, 3.05) is 23.7 Å². The van der Waals surface area contributed by atoms with Gasteiger partial charge in [-0.1, -0.05) is 54.9 Å². The molecule has 3 aromatic rings. The molecule has 0 spiro atoms. The lowest BCUT2D eigenvalue weighted by molar-refractivity contribution is -0.122. The van der Waals surface area contributed by atoms with Crippen LogP contribution >= 0.6 is 11.6 Å². The molecule has 1 unspecified atom stereocenters. The summed E-state index contributed by atoms with van der Waals surface area (Å²) in [6.45, 7) is 2.27. The number of benzene rings is 3. The molecule has 0 aliphatic heterocycles. The minimum atomic E-state index is -3.70. The predicted molar refractivity (Wildman–Crippen MR) is 125 cm³/mol. The highest BCUT2D eigenvalue weighted by Crippen LogP contribution is 2.25. The van der Waals surface area contributed by atoms with Crippen LogP contribution in [0.2, 0.25) is 5.02 Å². The number of nitrogens with zero attached hydrogens (tertiary/aromatic N) is 1. The summed E-state index contributed by atoms with van der Waals surface area (Å²) in [5.41, 5.74) is 0.351. The van der Waals surface area contributed by atoms with Gasteiger partial charge in [0, 0.05) is 5.02 Å². The topological polar surface area (TPSA) is 75.7 Å². The van der Waals surface area contributed by atoms with E-state index >= 15 is 0 Å².